The van der Waals surface area contributed by atoms with Gasteiger partial charge in [0.2, 0.25) is 0 Å². The quantitative estimate of drug-likeness (QED) is 0.830. The largest absolute Gasteiger partial charge is 0.495 e. The van der Waals surface area contributed by atoms with Crippen LogP contribution in [0.4, 0.5) is 11.4 Å². The Kier molecular flexibility index (Phi) is 3.71. The highest BCUT2D eigenvalue weighted by molar-refractivity contribution is 6.05. The number of hydrogen-bond donors (Lipinski definition) is 2. The average molecular weight is 256 g/mol. The molecule has 4 heteroatoms. The summed E-state index contributed by atoms with van der Waals surface area (Å²) in [5, 5.41) is 2.82. The third kappa shape index (κ3) is 2.85. The van der Waals surface area contributed by atoms with Crippen molar-refractivity contribution in [2.75, 3.05) is 18.2 Å². The Morgan fingerprint density at radius 2 is 1.95 bits per heavy atom. The molecule has 0 aromatic heterocycles. The molecule has 0 aliphatic heterocycles. The Morgan fingerprint density at radius 1 is 1.21 bits per heavy atom. The van der Waals surface area contributed by atoms with Crippen LogP contribution in [0.5, 0.6) is 5.75 Å². The average Bonchev–Trinajstić information content (AvgIpc) is 2.39. The Hall–Kier alpha value is -2.49. The molecule has 0 saturated carbocycles. The summed E-state index contributed by atoms with van der Waals surface area (Å²) in [6.45, 7) is 1.90. The number of hydrogen-bond acceptors (Lipinski definition) is 3. The first-order valence-corrected chi connectivity index (χ1v) is 5.92. The van der Waals surface area contributed by atoms with Gasteiger partial charge in [-0.3, -0.25) is 4.79 Å². The third-order valence-corrected chi connectivity index (χ3v) is 2.88. The number of nitrogens with two attached hydrogens (primary N) is 1. The summed E-state index contributed by atoms with van der Waals surface area (Å²) in [5.41, 5.74) is 8.52. The highest BCUT2D eigenvalue weighted by Crippen LogP contribution is 2.25. The zero-order chi connectivity index (χ0) is 13.8. The highest BCUT2D eigenvalue weighted by atomic mass is 16.5. The summed E-state index contributed by atoms with van der Waals surface area (Å²) in [7, 11) is 1.55. The number of amides is 1. The van der Waals surface area contributed by atoms with Gasteiger partial charge in [-0.25, -0.2) is 0 Å². The molecule has 0 unspecified atom stereocenters. The second-order valence-corrected chi connectivity index (χ2v) is 4.23. The number of carbonyl (C=O) groups excluding carboxylic acids is 1. The van der Waals surface area contributed by atoms with E-state index in [0.29, 0.717) is 22.7 Å². The van der Waals surface area contributed by atoms with Crippen molar-refractivity contribution in [3.63, 3.8) is 0 Å². The number of nitrogens with one attached hydrogen (secondary N) is 1. The second-order valence-electron chi connectivity index (χ2n) is 4.23. The van der Waals surface area contributed by atoms with Crippen molar-refractivity contribution in [1.29, 1.82) is 0 Å². The zero-order valence-electron chi connectivity index (χ0n) is 10.9. The first-order chi connectivity index (χ1) is 9.11. The van der Waals surface area contributed by atoms with Gasteiger partial charge in [-0.2, -0.15) is 0 Å². The molecule has 0 atom stereocenters. The molecule has 0 heterocycles. The lowest BCUT2D eigenvalue weighted by Gasteiger charge is -2.10. The van der Waals surface area contributed by atoms with Crippen molar-refractivity contribution in [3.05, 3.63) is 53.6 Å². The van der Waals surface area contributed by atoms with Crippen molar-refractivity contribution in [3.8, 4) is 5.75 Å². The monoisotopic (exact) mass is 256 g/mol. The van der Waals surface area contributed by atoms with E-state index in [1.54, 1.807) is 31.4 Å². The fraction of sp³-hybridized carbons (Fsp3) is 0.133. The smallest absolute Gasteiger partial charge is 0.255 e. The van der Waals surface area contributed by atoms with Crippen LogP contribution < -0.4 is 15.8 Å². The predicted molar refractivity (Wildman–Crippen MR) is 76.5 cm³/mol. The van der Waals surface area contributed by atoms with Crippen LogP contribution >= 0.6 is 0 Å². The van der Waals surface area contributed by atoms with Crippen LogP contribution in [0.25, 0.3) is 0 Å². The lowest BCUT2D eigenvalue weighted by atomic mass is 10.1. The lowest BCUT2D eigenvalue weighted by Crippen LogP contribution is -2.13. The van der Waals surface area contributed by atoms with E-state index < -0.39 is 0 Å². The molecule has 3 N–H and O–H groups in total. The standard InChI is InChI=1S/C15H16N2O2/c1-10-5-3-4-6-12(10)15(18)17-11-7-8-14(19-2)13(16)9-11/h3-9H,16H2,1-2H3,(H,17,18). The molecule has 0 fully saturated rings. The normalized spacial score (nSPS) is 10.0. The maximum atomic E-state index is 12.1. The van der Waals surface area contributed by atoms with Gasteiger partial charge >= 0.3 is 0 Å². The lowest BCUT2D eigenvalue weighted by molar-refractivity contribution is 0.102. The van der Waals surface area contributed by atoms with Gasteiger partial charge in [-0.15, -0.1) is 0 Å². The fourth-order valence-electron chi connectivity index (χ4n) is 1.84. The molecular formula is C15H16N2O2. The molecule has 98 valence electrons. The van der Waals surface area contributed by atoms with E-state index in [0.717, 1.165) is 5.56 Å². The highest BCUT2D eigenvalue weighted by Gasteiger charge is 2.09. The molecule has 0 spiro atoms. The van der Waals surface area contributed by atoms with E-state index in [-0.39, 0.29) is 5.91 Å². The molecule has 0 aliphatic rings. The van der Waals surface area contributed by atoms with Gasteiger partial charge in [-0.1, -0.05) is 18.2 Å². The molecule has 4 nitrogen and oxygen atoms in total. The molecule has 19 heavy (non-hydrogen) atoms. The van der Waals surface area contributed by atoms with Crippen molar-refractivity contribution >= 4 is 17.3 Å². The number of benzene rings is 2. The minimum atomic E-state index is -0.150. The van der Waals surface area contributed by atoms with Crippen molar-refractivity contribution in [1.82, 2.24) is 0 Å². The molecule has 0 radical (unpaired) electrons. The minimum Gasteiger partial charge on any atom is -0.495 e. The molecule has 2 aromatic carbocycles. The molecule has 0 bridgehead atoms. The van der Waals surface area contributed by atoms with Crippen molar-refractivity contribution in [2.24, 2.45) is 0 Å². The molecule has 0 saturated heterocycles. The van der Waals surface area contributed by atoms with Gasteiger partial charge in [0.05, 0.1) is 12.8 Å². The maximum absolute atomic E-state index is 12.1. The van der Waals surface area contributed by atoms with Gasteiger partial charge in [0.15, 0.2) is 0 Å². The van der Waals surface area contributed by atoms with Gasteiger partial charge < -0.3 is 15.8 Å². The van der Waals surface area contributed by atoms with Crippen LogP contribution in [0, 0.1) is 6.92 Å². The maximum Gasteiger partial charge on any atom is 0.255 e. The number of anilines is 2. The fourth-order valence-corrected chi connectivity index (χ4v) is 1.84. The Morgan fingerprint density at radius 3 is 2.58 bits per heavy atom. The zero-order valence-corrected chi connectivity index (χ0v) is 10.9. The Balaban J connectivity index is 2.20. The van der Waals surface area contributed by atoms with E-state index in [4.69, 9.17) is 10.5 Å². The van der Waals surface area contributed by atoms with Crippen molar-refractivity contribution in [2.45, 2.75) is 6.92 Å². The third-order valence-electron chi connectivity index (χ3n) is 2.88. The van der Waals surface area contributed by atoms with Gasteiger partial charge in [-0.05, 0) is 36.8 Å². The number of methoxy groups -OCH3 is 1. The summed E-state index contributed by atoms with van der Waals surface area (Å²) >= 11 is 0. The molecule has 2 rings (SSSR count). The molecular weight excluding hydrogens is 240 g/mol. The van der Waals surface area contributed by atoms with E-state index in [1.165, 1.54) is 0 Å². The summed E-state index contributed by atoms with van der Waals surface area (Å²) in [5.74, 6) is 0.441. The van der Waals surface area contributed by atoms with Crippen LogP contribution in [0.1, 0.15) is 15.9 Å². The van der Waals surface area contributed by atoms with Crippen LogP contribution in [0.2, 0.25) is 0 Å². The van der Waals surface area contributed by atoms with E-state index >= 15 is 0 Å². The number of ether oxygens (including phenoxy) is 1. The number of carbonyl (C=O) groups is 1. The first kappa shape index (κ1) is 13.0. The van der Waals surface area contributed by atoms with E-state index in [1.807, 2.05) is 25.1 Å². The van der Waals surface area contributed by atoms with Crippen LogP contribution in [0.15, 0.2) is 42.5 Å². The van der Waals surface area contributed by atoms with Crippen LogP contribution in [-0.2, 0) is 0 Å². The van der Waals surface area contributed by atoms with E-state index in [9.17, 15) is 4.79 Å². The Labute approximate surface area is 112 Å². The molecule has 0 aliphatic carbocycles. The summed E-state index contributed by atoms with van der Waals surface area (Å²) in [6, 6.07) is 12.6. The molecule has 2 aromatic rings. The Bertz CT molecular complexity index is 609. The first-order valence-electron chi connectivity index (χ1n) is 5.92. The van der Waals surface area contributed by atoms with Gasteiger partial charge in [0, 0.05) is 11.3 Å². The topological polar surface area (TPSA) is 64.3 Å². The number of aryl methyl sites for hydroxylation is 1. The molecule has 1 amide bonds. The summed E-state index contributed by atoms with van der Waals surface area (Å²) in [6.07, 6.45) is 0. The minimum absolute atomic E-state index is 0.150. The van der Waals surface area contributed by atoms with E-state index in [2.05, 4.69) is 5.32 Å². The summed E-state index contributed by atoms with van der Waals surface area (Å²) < 4.78 is 5.07. The van der Waals surface area contributed by atoms with Gasteiger partial charge in [0.25, 0.3) is 5.91 Å². The number of nitrogen functional groups attached to an aromatic ring is 1. The van der Waals surface area contributed by atoms with Crippen LogP contribution in [0.3, 0.4) is 0 Å². The predicted octanol–water partition coefficient (Wildman–Crippen LogP) is 2.84. The van der Waals surface area contributed by atoms with Gasteiger partial charge in [0.1, 0.15) is 5.75 Å². The SMILES string of the molecule is COc1ccc(NC(=O)c2ccccc2C)cc1N. The number of rotatable bonds is 3. The van der Waals surface area contributed by atoms with Crippen LogP contribution in [-0.4, -0.2) is 13.0 Å². The van der Waals surface area contributed by atoms with Crippen molar-refractivity contribution < 1.29 is 9.53 Å². The second kappa shape index (κ2) is 5.44. The summed E-state index contributed by atoms with van der Waals surface area (Å²) in [4.78, 5) is 12.1.